The SMILES string of the molecule is CCC(NC(C)C(=O)N(CC)CC)c1cccc(Cl)c1. The van der Waals surface area contributed by atoms with E-state index in [1.54, 1.807) is 0 Å². The van der Waals surface area contributed by atoms with E-state index in [2.05, 4.69) is 12.2 Å². The van der Waals surface area contributed by atoms with Gasteiger partial charge in [0.15, 0.2) is 0 Å². The van der Waals surface area contributed by atoms with Gasteiger partial charge in [-0.05, 0) is 44.9 Å². The van der Waals surface area contributed by atoms with Gasteiger partial charge < -0.3 is 4.90 Å². The average molecular weight is 297 g/mol. The molecule has 0 aliphatic rings. The van der Waals surface area contributed by atoms with E-state index in [0.29, 0.717) is 0 Å². The molecule has 0 saturated heterocycles. The molecule has 0 bridgehead atoms. The number of likely N-dealkylation sites (N-methyl/N-ethyl adjacent to an activating group) is 1. The van der Waals surface area contributed by atoms with E-state index in [0.717, 1.165) is 30.1 Å². The molecule has 2 unspecified atom stereocenters. The van der Waals surface area contributed by atoms with Crippen molar-refractivity contribution in [3.05, 3.63) is 34.9 Å². The van der Waals surface area contributed by atoms with Crippen LogP contribution in [0.4, 0.5) is 0 Å². The zero-order chi connectivity index (χ0) is 15.1. The molecule has 1 aromatic carbocycles. The molecule has 112 valence electrons. The monoisotopic (exact) mass is 296 g/mol. The smallest absolute Gasteiger partial charge is 0.239 e. The number of nitrogens with zero attached hydrogens (tertiary/aromatic N) is 1. The number of halogens is 1. The van der Waals surface area contributed by atoms with E-state index >= 15 is 0 Å². The molecule has 0 heterocycles. The molecule has 1 N–H and O–H groups in total. The molecule has 0 saturated carbocycles. The summed E-state index contributed by atoms with van der Waals surface area (Å²) in [6.07, 6.45) is 0.913. The maximum atomic E-state index is 12.3. The fourth-order valence-electron chi connectivity index (χ4n) is 2.36. The molecule has 20 heavy (non-hydrogen) atoms. The van der Waals surface area contributed by atoms with Crippen molar-refractivity contribution in [3.8, 4) is 0 Å². The topological polar surface area (TPSA) is 32.3 Å². The normalized spacial score (nSPS) is 13.8. The molecule has 0 spiro atoms. The average Bonchev–Trinajstić information content (AvgIpc) is 2.45. The molecule has 1 rings (SSSR count). The molecule has 1 amide bonds. The Morgan fingerprint density at radius 2 is 1.95 bits per heavy atom. The van der Waals surface area contributed by atoms with Crippen LogP contribution in [0, 0.1) is 0 Å². The molecule has 3 nitrogen and oxygen atoms in total. The summed E-state index contributed by atoms with van der Waals surface area (Å²) in [7, 11) is 0. The van der Waals surface area contributed by atoms with Crippen LogP contribution in [0.5, 0.6) is 0 Å². The number of rotatable bonds is 7. The van der Waals surface area contributed by atoms with Crippen LogP contribution in [0.2, 0.25) is 5.02 Å². The summed E-state index contributed by atoms with van der Waals surface area (Å²) in [5.74, 6) is 0.149. The van der Waals surface area contributed by atoms with Crippen molar-refractivity contribution in [2.24, 2.45) is 0 Å². The second-order valence-corrected chi connectivity index (χ2v) is 5.35. The summed E-state index contributed by atoms with van der Waals surface area (Å²) in [5, 5.41) is 4.14. The van der Waals surface area contributed by atoms with E-state index < -0.39 is 0 Å². The van der Waals surface area contributed by atoms with Gasteiger partial charge in [-0.2, -0.15) is 0 Å². The highest BCUT2D eigenvalue weighted by Crippen LogP contribution is 2.21. The van der Waals surface area contributed by atoms with E-state index in [1.165, 1.54) is 0 Å². The fourth-order valence-corrected chi connectivity index (χ4v) is 2.55. The molecule has 1 aromatic rings. The van der Waals surface area contributed by atoms with Gasteiger partial charge >= 0.3 is 0 Å². The second-order valence-electron chi connectivity index (χ2n) is 4.91. The van der Waals surface area contributed by atoms with Crippen LogP contribution in [0.15, 0.2) is 24.3 Å². The summed E-state index contributed by atoms with van der Waals surface area (Å²) >= 11 is 6.04. The summed E-state index contributed by atoms with van der Waals surface area (Å²) in [6, 6.07) is 7.75. The van der Waals surface area contributed by atoms with Gasteiger partial charge in [0.2, 0.25) is 5.91 Å². The number of hydrogen-bond donors (Lipinski definition) is 1. The molecular formula is C16H25ClN2O. The minimum Gasteiger partial charge on any atom is -0.342 e. The highest BCUT2D eigenvalue weighted by molar-refractivity contribution is 6.30. The third-order valence-corrected chi connectivity index (χ3v) is 3.79. The Hall–Kier alpha value is -1.06. The fraction of sp³-hybridized carbons (Fsp3) is 0.562. The first-order valence-corrected chi connectivity index (χ1v) is 7.71. The van der Waals surface area contributed by atoms with Gasteiger partial charge in [0, 0.05) is 24.2 Å². The van der Waals surface area contributed by atoms with Crippen molar-refractivity contribution in [2.75, 3.05) is 13.1 Å². The van der Waals surface area contributed by atoms with Gasteiger partial charge in [-0.1, -0.05) is 30.7 Å². The lowest BCUT2D eigenvalue weighted by Crippen LogP contribution is -2.45. The third-order valence-electron chi connectivity index (χ3n) is 3.56. The summed E-state index contributed by atoms with van der Waals surface area (Å²) in [6.45, 7) is 9.52. The maximum Gasteiger partial charge on any atom is 0.239 e. The van der Waals surface area contributed by atoms with E-state index in [-0.39, 0.29) is 18.0 Å². The Morgan fingerprint density at radius 1 is 1.30 bits per heavy atom. The largest absolute Gasteiger partial charge is 0.342 e. The quantitative estimate of drug-likeness (QED) is 0.833. The molecule has 0 fully saturated rings. The van der Waals surface area contributed by atoms with Crippen molar-refractivity contribution in [1.82, 2.24) is 10.2 Å². The Morgan fingerprint density at radius 3 is 2.45 bits per heavy atom. The first-order valence-electron chi connectivity index (χ1n) is 7.33. The predicted molar refractivity (Wildman–Crippen MR) is 85.0 cm³/mol. The summed E-state index contributed by atoms with van der Waals surface area (Å²) in [5.41, 5.74) is 1.12. The molecular weight excluding hydrogens is 272 g/mol. The minimum absolute atomic E-state index is 0.142. The summed E-state index contributed by atoms with van der Waals surface area (Å²) in [4.78, 5) is 14.1. The van der Waals surface area contributed by atoms with Gasteiger partial charge in [-0.25, -0.2) is 0 Å². The number of carbonyl (C=O) groups is 1. The number of hydrogen-bond acceptors (Lipinski definition) is 2. The van der Waals surface area contributed by atoms with Gasteiger partial charge in [0.1, 0.15) is 0 Å². The molecule has 0 aliphatic heterocycles. The van der Waals surface area contributed by atoms with Gasteiger partial charge in [-0.3, -0.25) is 10.1 Å². The van der Waals surface area contributed by atoms with Crippen LogP contribution in [0.25, 0.3) is 0 Å². The van der Waals surface area contributed by atoms with Crippen LogP contribution < -0.4 is 5.32 Å². The molecule has 4 heteroatoms. The van der Waals surface area contributed by atoms with Gasteiger partial charge in [-0.15, -0.1) is 0 Å². The number of carbonyl (C=O) groups excluding carboxylic acids is 1. The number of amides is 1. The molecule has 0 aliphatic carbocycles. The van der Waals surface area contributed by atoms with Crippen molar-refractivity contribution in [2.45, 2.75) is 46.2 Å². The standard InChI is InChI=1S/C16H25ClN2O/c1-5-15(13-9-8-10-14(17)11-13)18-12(4)16(20)19(6-2)7-3/h8-12,15,18H,5-7H2,1-4H3. The minimum atomic E-state index is -0.196. The molecule has 2 atom stereocenters. The van der Waals surface area contributed by atoms with Crippen LogP contribution in [0.1, 0.15) is 45.7 Å². The maximum absolute atomic E-state index is 12.3. The number of benzene rings is 1. The van der Waals surface area contributed by atoms with Crippen molar-refractivity contribution >= 4 is 17.5 Å². The van der Waals surface area contributed by atoms with Gasteiger partial charge in [0.25, 0.3) is 0 Å². The van der Waals surface area contributed by atoms with Crippen LogP contribution >= 0.6 is 11.6 Å². The second kappa shape index (κ2) is 8.28. The molecule has 0 radical (unpaired) electrons. The first kappa shape index (κ1) is 17.0. The zero-order valence-electron chi connectivity index (χ0n) is 12.8. The van der Waals surface area contributed by atoms with Crippen molar-refractivity contribution < 1.29 is 4.79 Å². The lowest BCUT2D eigenvalue weighted by molar-refractivity contribution is -0.132. The Balaban J connectivity index is 2.75. The van der Waals surface area contributed by atoms with E-state index in [4.69, 9.17) is 11.6 Å². The Labute approximate surface area is 127 Å². The molecule has 0 aromatic heterocycles. The van der Waals surface area contributed by atoms with Gasteiger partial charge in [0.05, 0.1) is 6.04 Å². The predicted octanol–water partition coefficient (Wildman–Crippen LogP) is 3.64. The van der Waals surface area contributed by atoms with Crippen molar-refractivity contribution in [3.63, 3.8) is 0 Å². The van der Waals surface area contributed by atoms with Crippen LogP contribution in [-0.4, -0.2) is 29.9 Å². The van der Waals surface area contributed by atoms with Crippen LogP contribution in [0.3, 0.4) is 0 Å². The van der Waals surface area contributed by atoms with E-state index in [9.17, 15) is 4.79 Å². The Kier molecular flexibility index (Phi) is 7.03. The van der Waals surface area contributed by atoms with Crippen LogP contribution in [-0.2, 0) is 4.79 Å². The third kappa shape index (κ3) is 4.50. The lowest BCUT2D eigenvalue weighted by Gasteiger charge is -2.27. The summed E-state index contributed by atoms with van der Waals surface area (Å²) < 4.78 is 0. The van der Waals surface area contributed by atoms with E-state index in [1.807, 2.05) is 49.9 Å². The lowest BCUT2D eigenvalue weighted by atomic mass is 10.0. The highest BCUT2D eigenvalue weighted by atomic mass is 35.5. The highest BCUT2D eigenvalue weighted by Gasteiger charge is 2.21. The number of nitrogens with one attached hydrogen (secondary N) is 1. The Bertz CT molecular complexity index is 432. The van der Waals surface area contributed by atoms with Crippen molar-refractivity contribution in [1.29, 1.82) is 0 Å². The first-order chi connectivity index (χ1) is 9.53. The zero-order valence-corrected chi connectivity index (χ0v) is 13.6.